The first-order valence-corrected chi connectivity index (χ1v) is 13.2. The Kier molecular flexibility index (Phi) is 6.25. The van der Waals surface area contributed by atoms with E-state index in [-0.39, 0.29) is 11.8 Å². The minimum atomic E-state index is -0.538. The van der Waals surface area contributed by atoms with E-state index in [2.05, 4.69) is 15.5 Å². The van der Waals surface area contributed by atoms with E-state index < -0.39 is 5.54 Å². The zero-order chi connectivity index (χ0) is 23.1. The van der Waals surface area contributed by atoms with Crippen LogP contribution in [0.15, 0.2) is 4.52 Å². The van der Waals surface area contributed by atoms with Gasteiger partial charge in [0.05, 0.1) is 0 Å². The van der Waals surface area contributed by atoms with E-state index in [1.165, 1.54) is 38.5 Å². The van der Waals surface area contributed by atoms with Gasteiger partial charge in [-0.05, 0) is 74.5 Å². The molecule has 0 spiro atoms. The molecule has 182 valence electrons. The lowest BCUT2D eigenvalue weighted by molar-refractivity contribution is -0.135. The SMILES string of the molecule is CC(=O)NC1(c2noc(CCC(=O)N(C)CC34CC5CC(CC(C5)C3)C4)n2)CCCCCC1. The summed E-state index contributed by atoms with van der Waals surface area (Å²) in [5.41, 5.74) is -0.176. The third kappa shape index (κ3) is 4.83. The molecule has 1 heterocycles. The highest BCUT2D eigenvalue weighted by Crippen LogP contribution is 2.60. The molecule has 5 aliphatic rings. The average molecular weight is 457 g/mol. The Hall–Kier alpha value is -1.92. The second kappa shape index (κ2) is 9.03. The van der Waals surface area contributed by atoms with Crippen LogP contribution in [0.2, 0.25) is 0 Å². The van der Waals surface area contributed by atoms with Crippen molar-refractivity contribution in [3.63, 3.8) is 0 Å². The first kappa shape index (κ1) is 22.9. The molecule has 0 aromatic carbocycles. The molecular formula is C26H40N4O3. The predicted molar refractivity (Wildman–Crippen MR) is 124 cm³/mol. The van der Waals surface area contributed by atoms with Gasteiger partial charge in [-0.3, -0.25) is 9.59 Å². The van der Waals surface area contributed by atoms with Crippen molar-refractivity contribution < 1.29 is 14.1 Å². The number of aryl methyl sites for hydroxylation is 1. The van der Waals surface area contributed by atoms with E-state index in [0.717, 1.165) is 62.8 Å². The first-order valence-electron chi connectivity index (χ1n) is 13.2. The molecular weight excluding hydrogens is 416 g/mol. The Morgan fingerprint density at radius 1 is 1.03 bits per heavy atom. The number of carbonyl (C=O) groups is 2. The van der Waals surface area contributed by atoms with Crippen LogP contribution in [0.4, 0.5) is 0 Å². The van der Waals surface area contributed by atoms with Gasteiger partial charge in [-0.1, -0.05) is 30.8 Å². The van der Waals surface area contributed by atoms with Crippen LogP contribution in [0, 0.1) is 23.2 Å². The Morgan fingerprint density at radius 3 is 2.21 bits per heavy atom. The summed E-state index contributed by atoms with van der Waals surface area (Å²) in [4.78, 5) is 31.5. The normalized spacial score (nSPS) is 32.4. The smallest absolute Gasteiger partial charge is 0.227 e. The van der Waals surface area contributed by atoms with Crippen LogP contribution < -0.4 is 5.32 Å². The molecule has 1 aromatic rings. The highest BCUT2D eigenvalue weighted by Gasteiger charge is 2.51. The van der Waals surface area contributed by atoms with Crippen LogP contribution in [0.5, 0.6) is 0 Å². The molecule has 7 nitrogen and oxygen atoms in total. The second-order valence-corrected chi connectivity index (χ2v) is 11.9. The van der Waals surface area contributed by atoms with Gasteiger partial charge in [0, 0.05) is 33.4 Å². The zero-order valence-electron chi connectivity index (χ0n) is 20.4. The molecule has 0 aliphatic heterocycles. The molecule has 5 fully saturated rings. The lowest BCUT2D eigenvalue weighted by atomic mass is 9.49. The molecule has 5 saturated carbocycles. The fraction of sp³-hybridized carbons (Fsp3) is 0.846. The van der Waals surface area contributed by atoms with Crippen LogP contribution in [0.3, 0.4) is 0 Å². The van der Waals surface area contributed by atoms with Crippen molar-refractivity contribution in [2.45, 2.75) is 102 Å². The van der Waals surface area contributed by atoms with Crippen LogP contribution in [0.25, 0.3) is 0 Å². The van der Waals surface area contributed by atoms with Crippen molar-refractivity contribution in [2.75, 3.05) is 13.6 Å². The summed E-state index contributed by atoms with van der Waals surface area (Å²) in [5.74, 6) is 3.87. The lowest BCUT2D eigenvalue weighted by Crippen LogP contribution is -2.51. The lowest BCUT2D eigenvalue weighted by Gasteiger charge is -2.57. The Bertz CT molecular complexity index is 835. The van der Waals surface area contributed by atoms with Gasteiger partial charge < -0.3 is 14.7 Å². The number of hydrogen-bond donors (Lipinski definition) is 1. The molecule has 0 atom stereocenters. The number of hydrogen-bond acceptors (Lipinski definition) is 5. The topological polar surface area (TPSA) is 88.3 Å². The van der Waals surface area contributed by atoms with Crippen molar-refractivity contribution in [1.29, 1.82) is 0 Å². The van der Waals surface area contributed by atoms with Gasteiger partial charge in [0.2, 0.25) is 17.7 Å². The van der Waals surface area contributed by atoms with Crippen molar-refractivity contribution in [3.05, 3.63) is 11.7 Å². The minimum absolute atomic E-state index is 0.0651. The molecule has 0 unspecified atom stereocenters. The molecule has 2 amide bonds. The average Bonchev–Trinajstić information content (AvgIpc) is 3.10. The fourth-order valence-electron chi connectivity index (χ4n) is 8.10. The van der Waals surface area contributed by atoms with Gasteiger partial charge in [-0.25, -0.2) is 0 Å². The standard InChI is InChI=1S/C26H40N4O3/c1-18(31)28-26(9-5-3-4-6-10-26)24-27-22(33-29-24)7-8-23(32)30(2)17-25-14-19-11-20(15-25)13-21(12-19)16-25/h19-21H,3-17H2,1-2H3,(H,28,31). The summed E-state index contributed by atoms with van der Waals surface area (Å²) in [7, 11) is 1.97. The summed E-state index contributed by atoms with van der Waals surface area (Å²) in [6, 6.07) is 0. The molecule has 4 bridgehead atoms. The molecule has 1 N–H and O–H groups in total. The molecule has 7 heteroatoms. The van der Waals surface area contributed by atoms with Gasteiger partial charge in [0.15, 0.2) is 5.82 Å². The molecule has 0 radical (unpaired) electrons. The predicted octanol–water partition coefficient (Wildman–Crippen LogP) is 4.36. The minimum Gasteiger partial charge on any atom is -0.345 e. The number of carbonyl (C=O) groups excluding carboxylic acids is 2. The van der Waals surface area contributed by atoms with Gasteiger partial charge in [-0.2, -0.15) is 4.98 Å². The van der Waals surface area contributed by atoms with Gasteiger partial charge >= 0.3 is 0 Å². The van der Waals surface area contributed by atoms with Crippen LogP contribution >= 0.6 is 0 Å². The third-order valence-electron chi connectivity index (χ3n) is 8.98. The summed E-state index contributed by atoms with van der Waals surface area (Å²) >= 11 is 0. The molecule has 6 rings (SSSR count). The summed E-state index contributed by atoms with van der Waals surface area (Å²) in [6.45, 7) is 2.45. The highest BCUT2D eigenvalue weighted by atomic mass is 16.5. The van der Waals surface area contributed by atoms with E-state index in [1.54, 1.807) is 6.92 Å². The van der Waals surface area contributed by atoms with Gasteiger partial charge in [0.1, 0.15) is 5.54 Å². The van der Waals surface area contributed by atoms with Crippen molar-refractivity contribution in [1.82, 2.24) is 20.4 Å². The highest BCUT2D eigenvalue weighted by molar-refractivity contribution is 5.76. The fourth-order valence-corrected chi connectivity index (χ4v) is 8.10. The molecule has 1 aromatic heterocycles. The van der Waals surface area contributed by atoms with Crippen LogP contribution in [0.1, 0.15) is 102 Å². The van der Waals surface area contributed by atoms with E-state index in [4.69, 9.17) is 4.52 Å². The Balaban J connectivity index is 1.18. The zero-order valence-corrected chi connectivity index (χ0v) is 20.4. The van der Waals surface area contributed by atoms with E-state index in [9.17, 15) is 9.59 Å². The number of nitrogens with zero attached hydrogens (tertiary/aromatic N) is 3. The monoisotopic (exact) mass is 456 g/mol. The van der Waals surface area contributed by atoms with Gasteiger partial charge in [-0.15, -0.1) is 0 Å². The first-order chi connectivity index (χ1) is 15.8. The second-order valence-electron chi connectivity index (χ2n) is 11.9. The van der Waals surface area contributed by atoms with Crippen LogP contribution in [-0.2, 0) is 21.5 Å². The third-order valence-corrected chi connectivity index (χ3v) is 8.98. The maximum Gasteiger partial charge on any atom is 0.227 e. The van der Waals surface area contributed by atoms with Crippen molar-refractivity contribution in [2.24, 2.45) is 23.2 Å². The number of amides is 2. The van der Waals surface area contributed by atoms with E-state index in [1.807, 2.05) is 11.9 Å². The van der Waals surface area contributed by atoms with E-state index in [0.29, 0.717) is 30.0 Å². The van der Waals surface area contributed by atoms with Crippen molar-refractivity contribution in [3.8, 4) is 0 Å². The number of aromatic nitrogens is 2. The Morgan fingerprint density at radius 2 is 1.64 bits per heavy atom. The maximum absolute atomic E-state index is 13.0. The number of nitrogens with one attached hydrogen (secondary N) is 1. The summed E-state index contributed by atoms with van der Waals surface area (Å²) < 4.78 is 5.55. The molecule has 0 saturated heterocycles. The summed E-state index contributed by atoms with van der Waals surface area (Å²) in [5, 5.41) is 7.37. The van der Waals surface area contributed by atoms with Gasteiger partial charge in [0.25, 0.3) is 0 Å². The van der Waals surface area contributed by atoms with Crippen LogP contribution in [-0.4, -0.2) is 40.4 Å². The van der Waals surface area contributed by atoms with E-state index >= 15 is 0 Å². The molecule has 5 aliphatic carbocycles. The van der Waals surface area contributed by atoms with Crippen molar-refractivity contribution >= 4 is 11.8 Å². The Labute approximate surface area is 197 Å². The quantitative estimate of drug-likeness (QED) is 0.616. The number of rotatable bonds is 7. The maximum atomic E-state index is 13.0. The largest absolute Gasteiger partial charge is 0.345 e. The molecule has 33 heavy (non-hydrogen) atoms. The summed E-state index contributed by atoms with van der Waals surface area (Å²) in [6.07, 6.45) is 15.1.